The van der Waals surface area contributed by atoms with E-state index in [0.29, 0.717) is 6.42 Å². The molecule has 0 radical (unpaired) electrons. The van der Waals surface area contributed by atoms with Crippen LogP contribution in [0.15, 0.2) is 40.0 Å². The van der Waals surface area contributed by atoms with Crippen molar-refractivity contribution in [3.05, 3.63) is 45.6 Å². The van der Waals surface area contributed by atoms with Crippen LogP contribution >= 0.6 is 57.1 Å². The molecule has 2 rings (SSSR count). The quantitative estimate of drug-likeness (QED) is 0.301. The standard InChI is InChI=1S/C13H12ClI2NO/c14-9-6-10(12(17-16)11(15)7-9)13(18)8-4-2-1-3-5-8/h1-5,7,9-10,12,17H,6H2. The van der Waals surface area contributed by atoms with Crippen molar-refractivity contribution in [2.45, 2.75) is 17.8 Å². The van der Waals surface area contributed by atoms with Gasteiger partial charge in [-0.25, -0.2) is 0 Å². The monoisotopic (exact) mass is 487 g/mol. The van der Waals surface area contributed by atoms with Crippen molar-refractivity contribution in [3.8, 4) is 0 Å². The fourth-order valence-corrected chi connectivity index (χ4v) is 5.05. The zero-order valence-electron chi connectivity index (χ0n) is 9.45. The van der Waals surface area contributed by atoms with Gasteiger partial charge in [0.1, 0.15) is 0 Å². The number of rotatable bonds is 3. The van der Waals surface area contributed by atoms with E-state index in [1.807, 2.05) is 36.4 Å². The zero-order valence-corrected chi connectivity index (χ0v) is 14.5. The number of carbonyl (C=O) groups excluding carboxylic acids is 1. The van der Waals surface area contributed by atoms with Gasteiger partial charge in [0.2, 0.25) is 0 Å². The lowest BCUT2D eigenvalue weighted by Crippen LogP contribution is -2.40. The first-order valence-corrected chi connectivity index (χ1v) is 8.19. The van der Waals surface area contributed by atoms with Gasteiger partial charge in [0.05, 0.1) is 11.4 Å². The van der Waals surface area contributed by atoms with Crippen LogP contribution in [0.5, 0.6) is 0 Å². The summed E-state index contributed by atoms with van der Waals surface area (Å²) in [7, 11) is 0. The summed E-state index contributed by atoms with van der Waals surface area (Å²) in [5.41, 5.74) is 0.758. The van der Waals surface area contributed by atoms with Crippen LogP contribution in [0.4, 0.5) is 0 Å². The largest absolute Gasteiger partial charge is 0.294 e. The number of hydrogen-bond acceptors (Lipinski definition) is 2. The van der Waals surface area contributed by atoms with Gasteiger partial charge >= 0.3 is 0 Å². The Balaban J connectivity index is 2.27. The van der Waals surface area contributed by atoms with Crippen LogP contribution in [-0.2, 0) is 0 Å². The third kappa shape index (κ3) is 3.26. The summed E-state index contributed by atoms with van der Waals surface area (Å²) in [6.45, 7) is 0. The molecule has 0 amide bonds. The second kappa shape index (κ2) is 6.67. The number of hydrogen-bond donors (Lipinski definition) is 1. The van der Waals surface area contributed by atoms with Crippen LogP contribution in [0, 0.1) is 5.92 Å². The molecule has 0 aromatic heterocycles. The molecule has 0 bridgehead atoms. The molecule has 5 heteroatoms. The third-order valence-electron chi connectivity index (χ3n) is 3.03. The highest BCUT2D eigenvalue weighted by Gasteiger charge is 2.35. The van der Waals surface area contributed by atoms with E-state index in [-0.39, 0.29) is 23.1 Å². The molecule has 0 fully saturated rings. The molecule has 0 saturated carbocycles. The molecular formula is C13H12ClI2NO. The van der Waals surface area contributed by atoms with Gasteiger partial charge in [-0.1, -0.05) is 36.4 Å². The van der Waals surface area contributed by atoms with Gasteiger partial charge in [-0.15, -0.1) is 11.6 Å². The van der Waals surface area contributed by atoms with E-state index in [1.54, 1.807) is 0 Å². The van der Waals surface area contributed by atoms with Crippen molar-refractivity contribution in [3.63, 3.8) is 0 Å². The van der Waals surface area contributed by atoms with Gasteiger partial charge < -0.3 is 0 Å². The van der Waals surface area contributed by atoms with Crippen molar-refractivity contribution in [2.24, 2.45) is 5.92 Å². The number of nitrogens with one attached hydrogen (secondary N) is 1. The van der Waals surface area contributed by atoms with E-state index in [1.165, 1.54) is 0 Å². The molecule has 3 unspecified atom stereocenters. The molecule has 0 heterocycles. The Morgan fingerprint density at radius 1 is 1.33 bits per heavy atom. The minimum Gasteiger partial charge on any atom is -0.294 e. The Bertz CT molecular complexity index is 463. The lowest BCUT2D eigenvalue weighted by Gasteiger charge is -2.30. The summed E-state index contributed by atoms with van der Waals surface area (Å²) in [4.78, 5) is 12.5. The fourth-order valence-electron chi connectivity index (χ4n) is 2.12. The number of alkyl halides is 1. The van der Waals surface area contributed by atoms with Crippen molar-refractivity contribution in [1.82, 2.24) is 3.53 Å². The molecule has 0 spiro atoms. The molecule has 1 aromatic carbocycles. The molecule has 1 N–H and O–H groups in total. The Kier molecular flexibility index (Phi) is 5.47. The highest BCUT2D eigenvalue weighted by atomic mass is 127. The maximum Gasteiger partial charge on any atom is 0.167 e. The average molecular weight is 488 g/mol. The number of allylic oxidation sites excluding steroid dienone is 1. The topological polar surface area (TPSA) is 29.1 Å². The smallest absolute Gasteiger partial charge is 0.167 e. The van der Waals surface area contributed by atoms with Crippen molar-refractivity contribution in [1.29, 1.82) is 0 Å². The number of halogens is 3. The van der Waals surface area contributed by atoms with Gasteiger partial charge in [0.15, 0.2) is 5.78 Å². The third-order valence-corrected chi connectivity index (χ3v) is 5.04. The summed E-state index contributed by atoms with van der Waals surface area (Å²) in [5.74, 6) is 0.0707. The van der Waals surface area contributed by atoms with Crippen LogP contribution in [0.25, 0.3) is 0 Å². The van der Waals surface area contributed by atoms with Crippen LogP contribution < -0.4 is 3.53 Å². The minimum atomic E-state index is -0.0938. The summed E-state index contributed by atoms with van der Waals surface area (Å²) in [5, 5.41) is -0.0597. The maximum absolute atomic E-state index is 12.5. The van der Waals surface area contributed by atoms with Gasteiger partial charge in [-0.2, -0.15) is 0 Å². The van der Waals surface area contributed by atoms with Crippen molar-refractivity contribution in [2.75, 3.05) is 0 Å². The first-order valence-electron chi connectivity index (χ1n) is 5.60. The first-order chi connectivity index (χ1) is 8.63. The van der Waals surface area contributed by atoms with E-state index in [0.717, 1.165) is 9.14 Å². The fraction of sp³-hybridized carbons (Fsp3) is 0.308. The van der Waals surface area contributed by atoms with Gasteiger partial charge in [0, 0.05) is 37.9 Å². The number of ketones is 1. The Morgan fingerprint density at radius 2 is 2.00 bits per heavy atom. The van der Waals surface area contributed by atoms with Gasteiger partial charge in [-0.3, -0.25) is 8.32 Å². The number of carbonyl (C=O) groups is 1. The van der Waals surface area contributed by atoms with E-state index in [9.17, 15) is 4.79 Å². The lowest BCUT2D eigenvalue weighted by molar-refractivity contribution is 0.0899. The predicted octanol–water partition coefficient (Wildman–Crippen LogP) is 4.12. The zero-order chi connectivity index (χ0) is 13.1. The summed E-state index contributed by atoms with van der Waals surface area (Å²) in [6, 6.07) is 9.49. The Hall–Kier alpha value is 0.340. The normalized spacial score (nSPS) is 27.7. The summed E-state index contributed by atoms with van der Waals surface area (Å²) in [6.07, 6.45) is 2.70. The van der Waals surface area contributed by atoms with E-state index < -0.39 is 0 Å². The van der Waals surface area contributed by atoms with E-state index >= 15 is 0 Å². The van der Waals surface area contributed by atoms with E-state index in [2.05, 4.69) is 49.0 Å². The SMILES string of the molecule is O=C(c1ccccc1)C1CC(Cl)C=C(I)C1NI. The molecule has 3 atom stereocenters. The van der Waals surface area contributed by atoms with Crippen LogP contribution in [0.3, 0.4) is 0 Å². The van der Waals surface area contributed by atoms with Crippen LogP contribution in [0.1, 0.15) is 16.8 Å². The first kappa shape index (κ1) is 14.7. The molecular weight excluding hydrogens is 475 g/mol. The lowest BCUT2D eigenvalue weighted by atomic mass is 9.84. The van der Waals surface area contributed by atoms with Crippen LogP contribution in [-0.4, -0.2) is 17.2 Å². The predicted molar refractivity (Wildman–Crippen MR) is 91.6 cm³/mol. The van der Waals surface area contributed by atoms with Crippen molar-refractivity contribution < 1.29 is 4.79 Å². The second-order valence-electron chi connectivity index (χ2n) is 4.23. The van der Waals surface area contributed by atoms with Crippen LogP contribution in [0.2, 0.25) is 0 Å². The Labute approximate surface area is 139 Å². The van der Waals surface area contributed by atoms with Gasteiger partial charge in [0.25, 0.3) is 0 Å². The summed E-state index contributed by atoms with van der Waals surface area (Å²) < 4.78 is 4.30. The molecule has 0 aliphatic heterocycles. The molecule has 1 aliphatic rings. The molecule has 1 aromatic rings. The number of benzene rings is 1. The average Bonchev–Trinajstić information content (AvgIpc) is 2.38. The van der Waals surface area contributed by atoms with Crippen molar-refractivity contribution >= 4 is 62.8 Å². The minimum absolute atomic E-state index is 0.0597. The number of Topliss-reactive ketones (excluding diaryl/α,β-unsaturated/α-hetero) is 1. The summed E-state index contributed by atoms with van der Waals surface area (Å²) >= 11 is 10.6. The maximum atomic E-state index is 12.5. The van der Waals surface area contributed by atoms with Gasteiger partial charge in [-0.05, 0) is 29.0 Å². The highest BCUT2D eigenvalue weighted by molar-refractivity contribution is 14.1. The molecule has 18 heavy (non-hydrogen) atoms. The molecule has 0 saturated heterocycles. The molecule has 1 aliphatic carbocycles. The molecule has 96 valence electrons. The van der Waals surface area contributed by atoms with E-state index in [4.69, 9.17) is 11.6 Å². The molecule has 2 nitrogen and oxygen atoms in total. The second-order valence-corrected chi connectivity index (χ2v) is 6.66. The highest BCUT2D eigenvalue weighted by Crippen LogP contribution is 2.34. The Morgan fingerprint density at radius 3 is 2.61 bits per heavy atom.